The van der Waals surface area contributed by atoms with E-state index in [9.17, 15) is 9.90 Å². The summed E-state index contributed by atoms with van der Waals surface area (Å²) in [7, 11) is 0. The molecular formula is C18H22N2O3. The van der Waals surface area contributed by atoms with Gasteiger partial charge in [-0.1, -0.05) is 30.3 Å². The molecule has 23 heavy (non-hydrogen) atoms. The SMILES string of the molecule is CCOC(C(=O)NC(CO)Cc1ccncc1)c1ccccc1. The number of nitrogens with one attached hydrogen (secondary N) is 1. The second-order valence-electron chi connectivity index (χ2n) is 5.19. The molecule has 122 valence electrons. The summed E-state index contributed by atoms with van der Waals surface area (Å²) in [6.07, 6.45) is 3.25. The fourth-order valence-electron chi connectivity index (χ4n) is 2.36. The van der Waals surface area contributed by atoms with Crippen molar-refractivity contribution in [2.24, 2.45) is 0 Å². The van der Waals surface area contributed by atoms with Gasteiger partial charge in [0, 0.05) is 19.0 Å². The van der Waals surface area contributed by atoms with Crippen molar-refractivity contribution < 1.29 is 14.6 Å². The molecule has 1 amide bonds. The van der Waals surface area contributed by atoms with Crippen molar-refractivity contribution >= 4 is 5.91 Å². The van der Waals surface area contributed by atoms with E-state index in [-0.39, 0.29) is 18.6 Å². The average molecular weight is 314 g/mol. The highest BCUT2D eigenvalue weighted by Crippen LogP contribution is 2.17. The summed E-state index contributed by atoms with van der Waals surface area (Å²) in [4.78, 5) is 16.5. The number of carbonyl (C=O) groups excluding carboxylic acids is 1. The fourth-order valence-corrected chi connectivity index (χ4v) is 2.36. The normalized spacial score (nSPS) is 13.3. The molecule has 0 aliphatic carbocycles. The molecule has 2 unspecified atom stereocenters. The summed E-state index contributed by atoms with van der Waals surface area (Å²) in [6, 6.07) is 12.7. The summed E-state index contributed by atoms with van der Waals surface area (Å²) in [5.41, 5.74) is 1.81. The van der Waals surface area contributed by atoms with Gasteiger partial charge in [0.15, 0.2) is 6.10 Å². The van der Waals surface area contributed by atoms with Crippen LogP contribution in [0, 0.1) is 0 Å². The van der Waals surface area contributed by atoms with E-state index in [4.69, 9.17) is 4.74 Å². The molecule has 2 rings (SSSR count). The number of aliphatic hydroxyl groups is 1. The van der Waals surface area contributed by atoms with Gasteiger partial charge in [-0.15, -0.1) is 0 Å². The van der Waals surface area contributed by atoms with E-state index in [1.807, 2.05) is 49.4 Å². The van der Waals surface area contributed by atoms with E-state index in [2.05, 4.69) is 10.3 Å². The minimum atomic E-state index is -0.673. The van der Waals surface area contributed by atoms with E-state index in [0.717, 1.165) is 11.1 Å². The first-order chi connectivity index (χ1) is 11.2. The highest BCUT2D eigenvalue weighted by molar-refractivity contribution is 5.82. The van der Waals surface area contributed by atoms with Crippen LogP contribution in [-0.2, 0) is 16.0 Å². The lowest BCUT2D eigenvalue weighted by molar-refractivity contribution is -0.134. The molecular weight excluding hydrogens is 292 g/mol. The Hall–Kier alpha value is -2.24. The third-order valence-electron chi connectivity index (χ3n) is 3.47. The Balaban J connectivity index is 2.04. The van der Waals surface area contributed by atoms with Gasteiger partial charge in [-0.2, -0.15) is 0 Å². The number of benzene rings is 1. The van der Waals surface area contributed by atoms with E-state index < -0.39 is 6.10 Å². The zero-order chi connectivity index (χ0) is 16.5. The Morgan fingerprint density at radius 3 is 2.52 bits per heavy atom. The first kappa shape index (κ1) is 17.1. The quantitative estimate of drug-likeness (QED) is 0.780. The van der Waals surface area contributed by atoms with Gasteiger partial charge in [-0.25, -0.2) is 0 Å². The number of aromatic nitrogens is 1. The molecule has 0 aliphatic rings. The molecule has 0 saturated heterocycles. The molecule has 1 aromatic heterocycles. The first-order valence-electron chi connectivity index (χ1n) is 7.71. The van der Waals surface area contributed by atoms with Crippen molar-refractivity contribution in [1.82, 2.24) is 10.3 Å². The standard InChI is InChI=1S/C18H22N2O3/c1-2-23-17(15-6-4-3-5-7-15)18(22)20-16(13-21)12-14-8-10-19-11-9-14/h3-11,16-17,21H,2,12-13H2,1H3,(H,20,22). The number of nitrogens with zero attached hydrogens (tertiary/aromatic N) is 1. The van der Waals surface area contributed by atoms with Crippen LogP contribution in [-0.4, -0.2) is 35.3 Å². The number of rotatable bonds is 8. The maximum absolute atomic E-state index is 12.5. The first-order valence-corrected chi connectivity index (χ1v) is 7.71. The van der Waals surface area contributed by atoms with Crippen LogP contribution >= 0.6 is 0 Å². The van der Waals surface area contributed by atoms with Crippen LogP contribution in [0.4, 0.5) is 0 Å². The minimum Gasteiger partial charge on any atom is -0.394 e. The molecule has 1 heterocycles. The van der Waals surface area contributed by atoms with Gasteiger partial charge in [-0.3, -0.25) is 9.78 Å². The molecule has 0 saturated carbocycles. The Kier molecular flexibility index (Phi) is 6.72. The zero-order valence-corrected chi connectivity index (χ0v) is 13.2. The van der Waals surface area contributed by atoms with Crippen LogP contribution in [0.25, 0.3) is 0 Å². The lowest BCUT2D eigenvalue weighted by Gasteiger charge is -2.22. The van der Waals surface area contributed by atoms with Crippen molar-refractivity contribution in [3.8, 4) is 0 Å². The van der Waals surface area contributed by atoms with Crippen molar-refractivity contribution in [3.05, 3.63) is 66.0 Å². The largest absolute Gasteiger partial charge is 0.394 e. The number of ether oxygens (including phenoxy) is 1. The number of hydrogen-bond acceptors (Lipinski definition) is 4. The van der Waals surface area contributed by atoms with Gasteiger partial charge in [0.25, 0.3) is 5.91 Å². The van der Waals surface area contributed by atoms with Gasteiger partial charge in [-0.05, 0) is 36.6 Å². The molecule has 0 fully saturated rings. The molecule has 5 heteroatoms. The van der Waals surface area contributed by atoms with Gasteiger partial charge >= 0.3 is 0 Å². The van der Waals surface area contributed by atoms with Gasteiger partial charge in [0.05, 0.1) is 12.6 Å². The summed E-state index contributed by atoms with van der Waals surface area (Å²) in [5, 5.41) is 12.4. The van der Waals surface area contributed by atoms with Crippen LogP contribution in [0.3, 0.4) is 0 Å². The van der Waals surface area contributed by atoms with Crippen LogP contribution in [0.15, 0.2) is 54.9 Å². The van der Waals surface area contributed by atoms with E-state index >= 15 is 0 Å². The smallest absolute Gasteiger partial charge is 0.254 e. The monoisotopic (exact) mass is 314 g/mol. The summed E-state index contributed by atoms with van der Waals surface area (Å²) in [6.45, 7) is 2.15. The van der Waals surface area contributed by atoms with E-state index in [1.54, 1.807) is 12.4 Å². The van der Waals surface area contributed by atoms with Crippen molar-refractivity contribution in [1.29, 1.82) is 0 Å². The van der Waals surface area contributed by atoms with E-state index in [0.29, 0.717) is 13.0 Å². The van der Waals surface area contributed by atoms with Gasteiger partial charge in [0.1, 0.15) is 0 Å². The topological polar surface area (TPSA) is 71.5 Å². The zero-order valence-electron chi connectivity index (χ0n) is 13.2. The highest BCUT2D eigenvalue weighted by atomic mass is 16.5. The molecule has 0 bridgehead atoms. The average Bonchev–Trinajstić information content (AvgIpc) is 2.60. The van der Waals surface area contributed by atoms with Crippen molar-refractivity contribution in [2.75, 3.05) is 13.2 Å². The molecule has 1 aromatic carbocycles. The van der Waals surface area contributed by atoms with Gasteiger partial charge in [0.2, 0.25) is 0 Å². The summed E-state index contributed by atoms with van der Waals surface area (Å²) in [5.74, 6) is -0.244. The maximum Gasteiger partial charge on any atom is 0.254 e. The fraction of sp³-hybridized carbons (Fsp3) is 0.333. The predicted octanol–water partition coefficient (Wildman–Crippen LogP) is 1.88. The number of hydrogen-bond donors (Lipinski definition) is 2. The Morgan fingerprint density at radius 1 is 1.22 bits per heavy atom. The van der Waals surface area contributed by atoms with E-state index in [1.165, 1.54) is 0 Å². The van der Waals surface area contributed by atoms with Crippen LogP contribution < -0.4 is 5.32 Å². The van der Waals surface area contributed by atoms with Crippen LogP contribution in [0.5, 0.6) is 0 Å². The van der Waals surface area contributed by atoms with Gasteiger partial charge < -0.3 is 15.2 Å². The molecule has 0 radical (unpaired) electrons. The maximum atomic E-state index is 12.5. The second kappa shape index (κ2) is 9.02. The number of pyridine rings is 1. The summed E-state index contributed by atoms with van der Waals surface area (Å²) >= 11 is 0. The molecule has 0 aliphatic heterocycles. The summed E-state index contributed by atoms with van der Waals surface area (Å²) < 4.78 is 5.58. The number of carbonyl (C=O) groups is 1. The number of aliphatic hydroxyl groups excluding tert-OH is 1. The molecule has 5 nitrogen and oxygen atoms in total. The lowest BCUT2D eigenvalue weighted by Crippen LogP contribution is -2.42. The molecule has 0 spiro atoms. The second-order valence-corrected chi connectivity index (χ2v) is 5.19. The van der Waals surface area contributed by atoms with Crippen molar-refractivity contribution in [2.45, 2.75) is 25.5 Å². The van der Waals surface area contributed by atoms with Crippen LogP contribution in [0.1, 0.15) is 24.2 Å². The molecule has 2 aromatic rings. The van der Waals surface area contributed by atoms with Crippen LogP contribution in [0.2, 0.25) is 0 Å². The molecule has 2 N–H and O–H groups in total. The molecule has 2 atom stereocenters. The third kappa shape index (κ3) is 5.16. The predicted molar refractivity (Wildman–Crippen MR) is 87.8 cm³/mol. The Morgan fingerprint density at radius 2 is 1.91 bits per heavy atom. The minimum absolute atomic E-state index is 0.137. The third-order valence-corrected chi connectivity index (χ3v) is 3.47. The highest BCUT2D eigenvalue weighted by Gasteiger charge is 2.23. The Labute approximate surface area is 136 Å². The lowest BCUT2D eigenvalue weighted by atomic mass is 10.1. The number of amides is 1. The Bertz CT molecular complexity index is 590. The van der Waals surface area contributed by atoms with Crippen molar-refractivity contribution in [3.63, 3.8) is 0 Å².